The lowest BCUT2D eigenvalue weighted by molar-refractivity contribution is -0.136. The number of carboxylic acids is 1. The van der Waals surface area contributed by atoms with E-state index < -0.39 is 5.97 Å². The SMILES string of the molecule is CNC(=O)c1c(N(C)C)sc(C)c1CC(=O)O. The molecule has 94 valence electrons. The van der Waals surface area contributed by atoms with Crippen LogP contribution in [0.25, 0.3) is 0 Å². The number of hydrogen-bond acceptors (Lipinski definition) is 4. The zero-order valence-electron chi connectivity index (χ0n) is 10.3. The molecule has 2 N–H and O–H groups in total. The summed E-state index contributed by atoms with van der Waals surface area (Å²) in [6, 6.07) is 0. The van der Waals surface area contributed by atoms with Gasteiger partial charge in [-0.15, -0.1) is 11.3 Å². The number of carbonyl (C=O) groups is 2. The lowest BCUT2D eigenvalue weighted by Crippen LogP contribution is -2.22. The molecule has 0 aliphatic heterocycles. The molecule has 1 heterocycles. The minimum Gasteiger partial charge on any atom is -0.481 e. The van der Waals surface area contributed by atoms with E-state index in [2.05, 4.69) is 5.32 Å². The van der Waals surface area contributed by atoms with E-state index in [1.165, 1.54) is 11.3 Å². The number of amides is 1. The highest BCUT2D eigenvalue weighted by atomic mass is 32.1. The van der Waals surface area contributed by atoms with Crippen LogP contribution in [0.2, 0.25) is 0 Å². The van der Waals surface area contributed by atoms with Gasteiger partial charge < -0.3 is 15.3 Å². The van der Waals surface area contributed by atoms with E-state index >= 15 is 0 Å². The number of anilines is 1. The van der Waals surface area contributed by atoms with Gasteiger partial charge in [-0.05, 0) is 12.5 Å². The first-order valence-corrected chi connectivity index (χ1v) is 5.93. The summed E-state index contributed by atoms with van der Waals surface area (Å²) in [6.45, 7) is 1.84. The molecule has 0 radical (unpaired) electrons. The largest absolute Gasteiger partial charge is 0.481 e. The van der Waals surface area contributed by atoms with Crippen molar-refractivity contribution in [3.63, 3.8) is 0 Å². The third kappa shape index (κ3) is 2.76. The molecule has 1 aromatic heterocycles. The number of hydrogen-bond donors (Lipinski definition) is 2. The number of aryl methyl sites for hydroxylation is 1. The lowest BCUT2D eigenvalue weighted by Gasteiger charge is -2.12. The first-order valence-electron chi connectivity index (χ1n) is 5.12. The van der Waals surface area contributed by atoms with Gasteiger partial charge >= 0.3 is 5.97 Å². The van der Waals surface area contributed by atoms with Gasteiger partial charge in [-0.2, -0.15) is 0 Å². The molecular formula is C11H16N2O3S. The van der Waals surface area contributed by atoms with Gasteiger partial charge in [0.05, 0.1) is 12.0 Å². The van der Waals surface area contributed by atoms with Crippen LogP contribution in [0, 0.1) is 6.92 Å². The van der Waals surface area contributed by atoms with Crippen molar-refractivity contribution in [1.82, 2.24) is 5.32 Å². The molecule has 1 amide bonds. The fourth-order valence-corrected chi connectivity index (χ4v) is 2.69. The number of rotatable bonds is 4. The van der Waals surface area contributed by atoms with E-state index in [0.717, 1.165) is 9.88 Å². The van der Waals surface area contributed by atoms with E-state index in [4.69, 9.17) is 5.11 Å². The molecule has 0 fully saturated rings. The molecule has 0 saturated carbocycles. The zero-order chi connectivity index (χ0) is 13.2. The number of nitrogens with zero attached hydrogens (tertiary/aromatic N) is 1. The van der Waals surface area contributed by atoms with Gasteiger partial charge in [-0.3, -0.25) is 9.59 Å². The second-order valence-electron chi connectivity index (χ2n) is 3.86. The van der Waals surface area contributed by atoms with Gasteiger partial charge in [0.25, 0.3) is 5.91 Å². The Morgan fingerprint density at radius 1 is 1.41 bits per heavy atom. The molecule has 0 aliphatic rings. The van der Waals surface area contributed by atoms with Crippen molar-refractivity contribution in [3.05, 3.63) is 16.0 Å². The Morgan fingerprint density at radius 3 is 2.41 bits per heavy atom. The van der Waals surface area contributed by atoms with Crippen molar-refractivity contribution in [3.8, 4) is 0 Å². The molecule has 0 aliphatic carbocycles. The molecule has 6 heteroatoms. The standard InChI is InChI=1S/C11H16N2O3S/c1-6-7(5-8(14)15)9(10(16)12-2)11(17-6)13(3)4/h5H2,1-4H3,(H,12,16)(H,14,15). The first kappa shape index (κ1) is 13.5. The molecule has 17 heavy (non-hydrogen) atoms. The van der Waals surface area contributed by atoms with E-state index in [-0.39, 0.29) is 12.3 Å². The summed E-state index contributed by atoms with van der Waals surface area (Å²) in [5, 5.41) is 12.2. The van der Waals surface area contributed by atoms with Crippen LogP contribution < -0.4 is 10.2 Å². The molecule has 0 spiro atoms. The summed E-state index contributed by atoms with van der Waals surface area (Å²) < 4.78 is 0. The molecule has 0 atom stereocenters. The van der Waals surface area contributed by atoms with Gasteiger partial charge in [0, 0.05) is 26.0 Å². The quantitative estimate of drug-likeness (QED) is 0.846. The van der Waals surface area contributed by atoms with Crippen LogP contribution in [0.1, 0.15) is 20.8 Å². The van der Waals surface area contributed by atoms with Crippen molar-refractivity contribution >= 4 is 28.2 Å². The fourth-order valence-electron chi connectivity index (χ4n) is 1.60. The minimum atomic E-state index is -0.929. The molecule has 0 aromatic carbocycles. The van der Waals surface area contributed by atoms with Crippen molar-refractivity contribution in [2.24, 2.45) is 0 Å². The highest BCUT2D eigenvalue weighted by Gasteiger charge is 2.23. The van der Waals surface area contributed by atoms with Crippen molar-refractivity contribution in [1.29, 1.82) is 0 Å². The summed E-state index contributed by atoms with van der Waals surface area (Å²) in [4.78, 5) is 25.3. The maximum absolute atomic E-state index is 11.8. The predicted octanol–water partition coefficient (Wildman–Crippen LogP) is 1.11. The maximum Gasteiger partial charge on any atom is 0.307 e. The molecule has 0 saturated heterocycles. The van der Waals surface area contributed by atoms with E-state index in [1.807, 2.05) is 25.9 Å². The molecule has 0 bridgehead atoms. The topological polar surface area (TPSA) is 69.6 Å². The summed E-state index contributed by atoms with van der Waals surface area (Å²) in [7, 11) is 5.21. The summed E-state index contributed by atoms with van der Waals surface area (Å²) in [5.74, 6) is -1.17. The highest BCUT2D eigenvalue weighted by molar-refractivity contribution is 7.16. The van der Waals surface area contributed by atoms with Crippen molar-refractivity contribution in [2.45, 2.75) is 13.3 Å². The lowest BCUT2D eigenvalue weighted by atomic mass is 10.1. The molecular weight excluding hydrogens is 240 g/mol. The number of thiophene rings is 1. The minimum absolute atomic E-state index is 0.126. The average Bonchev–Trinajstić information content (AvgIpc) is 2.55. The fraction of sp³-hybridized carbons (Fsp3) is 0.455. The second kappa shape index (κ2) is 5.18. The second-order valence-corrected chi connectivity index (χ2v) is 5.06. The van der Waals surface area contributed by atoms with Crippen LogP contribution in [0.15, 0.2) is 0 Å². The Labute approximate surface area is 104 Å². The van der Waals surface area contributed by atoms with Gasteiger partial charge in [0.15, 0.2) is 0 Å². The van der Waals surface area contributed by atoms with Gasteiger partial charge in [0.2, 0.25) is 0 Å². The molecule has 1 aromatic rings. The third-order valence-corrected chi connectivity index (χ3v) is 3.69. The molecule has 5 nitrogen and oxygen atoms in total. The van der Waals surface area contributed by atoms with Gasteiger partial charge in [-0.1, -0.05) is 0 Å². The normalized spacial score (nSPS) is 10.1. The Kier molecular flexibility index (Phi) is 4.11. The van der Waals surface area contributed by atoms with Crippen LogP contribution in [-0.4, -0.2) is 38.1 Å². The third-order valence-electron chi connectivity index (χ3n) is 2.38. The van der Waals surface area contributed by atoms with Crippen molar-refractivity contribution in [2.75, 3.05) is 26.0 Å². The van der Waals surface area contributed by atoms with Gasteiger partial charge in [0.1, 0.15) is 5.00 Å². The van der Waals surface area contributed by atoms with Crippen LogP contribution in [0.4, 0.5) is 5.00 Å². The Hall–Kier alpha value is -1.56. The molecule has 1 rings (SSSR count). The van der Waals surface area contributed by atoms with Crippen LogP contribution in [-0.2, 0) is 11.2 Å². The number of nitrogens with one attached hydrogen (secondary N) is 1. The maximum atomic E-state index is 11.8. The van der Waals surface area contributed by atoms with Gasteiger partial charge in [-0.25, -0.2) is 0 Å². The van der Waals surface area contributed by atoms with E-state index in [0.29, 0.717) is 11.1 Å². The van der Waals surface area contributed by atoms with Crippen LogP contribution in [0.5, 0.6) is 0 Å². The van der Waals surface area contributed by atoms with Crippen LogP contribution >= 0.6 is 11.3 Å². The first-order chi connectivity index (χ1) is 7.88. The van der Waals surface area contributed by atoms with E-state index in [9.17, 15) is 9.59 Å². The summed E-state index contributed by atoms with van der Waals surface area (Å²) in [5.41, 5.74) is 1.08. The Morgan fingerprint density at radius 2 is 2.00 bits per heavy atom. The average molecular weight is 256 g/mol. The zero-order valence-corrected chi connectivity index (χ0v) is 11.1. The highest BCUT2D eigenvalue weighted by Crippen LogP contribution is 2.35. The number of carbonyl (C=O) groups excluding carboxylic acids is 1. The van der Waals surface area contributed by atoms with E-state index in [1.54, 1.807) is 7.05 Å². The predicted molar refractivity (Wildman–Crippen MR) is 68.1 cm³/mol. The summed E-state index contributed by atoms with van der Waals surface area (Å²) in [6.07, 6.45) is -0.126. The number of carboxylic acid groups (broad SMARTS) is 1. The monoisotopic (exact) mass is 256 g/mol. The van der Waals surface area contributed by atoms with Crippen LogP contribution in [0.3, 0.4) is 0 Å². The Bertz CT molecular complexity index is 452. The smallest absolute Gasteiger partial charge is 0.307 e. The summed E-state index contributed by atoms with van der Waals surface area (Å²) >= 11 is 1.44. The number of aliphatic carboxylic acids is 1. The molecule has 0 unspecified atom stereocenters. The Balaban J connectivity index is 3.36. The van der Waals surface area contributed by atoms with Crippen molar-refractivity contribution < 1.29 is 14.7 Å².